The van der Waals surface area contributed by atoms with E-state index < -0.39 is 0 Å². The van der Waals surface area contributed by atoms with Gasteiger partial charge in [0, 0.05) is 38.5 Å². The van der Waals surface area contributed by atoms with Crippen LogP contribution in [0.15, 0.2) is 24.3 Å². The van der Waals surface area contributed by atoms with Crippen LogP contribution in [0.1, 0.15) is 37.8 Å². The van der Waals surface area contributed by atoms with E-state index in [0.717, 1.165) is 25.9 Å². The molecule has 1 aromatic carbocycles. The Hall–Kier alpha value is -1.84. The largest absolute Gasteiger partial charge is 0.341 e. The Balaban J connectivity index is 1.84. The van der Waals surface area contributed by atoms with Crippen LogP contribution in [0.25, 0.3) is 0 Å². The first-order chi connectivity index (χ1) is 11.0. The molecule has 0 aliphatic carbocycles. The number of aryl methyl sites for hydroxylation is 2. The molecule has 1 saturated heterocycles. The van der Waals surface area contributed by atoms with Gasteiger partial charge in [-0.15, -0.1) is 0 Å². The van der Waals surface area contributed by atoms with Gasteiger partial charge in [-0.25, -0.2) is 0 Å². The third-order valence-corrected chi connectivity index (χ3v) is 4.36. The Morgan fingerprint density at radius 1 is 1.09 bits per heavy atom. The summed E-state index contributed by atoms with van der Waals surface area (Å²) in [6.07, 6.45) is 2.20. The lowest BCUT2D eigenvalue weighted by atomic mass is 10.1. The first-order valence-corrected chi connectivity index (χ1v) is 8.59. The Labute approximate surface area is 139 Å². The third-order valence-electron chi connectivity index (χ3n) is 4.36. The zero-order valence-corrected chi connectivity index (χ0v) is 14.5. The fraction of sp³-hybridized carbons (Fsp3) is 0.579. The summed E-state index contributed by atoms with van der Waals surface area (Å²) in [4.78, 5) is 28.4. The highest BCUT2D eigenvalue weighted by molar-refractivity contribution is 5.79. The highest BCUT2D eigenvalue weighted by atomic mass is 16.2. The van der Waals surface area contributed by atoms with E-state index in [-0.39, 0.29) is 17.7 Å². The summed E-state index contributed by atoms with van der Waals surface area (Å²) in [6.45, 7) is 8.77. The summed E-state index contributed by atoms with van der Waals surface area (Å²) in [5.74, 6) is 0.419. The predicted molar refractivity (Wildman–Crippen MR) is 92.1 cm³/mol. The highest BCUT2D eigenvalue weighted by Gasteiger charge is 2.23. The summed E-state index contributed by atoms with van der Waals surface area (Å²) >= 11 is 0. The number of benzene rings is 1. The van der Waals surface area contributed by atoms with Crippen molar-refractivity contribution in [2.45, 2.75) is 40.0 Å². The predicted octanol–water partition coefficient (Wildman–Crippen LogP) is 2.64. The minimum atomic E-state index is 0.0265. The lowest BCUT2D eigenvalue weighted by Gasteiger charge is -2.23. The summed E-state index contributed by atoms with van der Waals surface area (Å²) in [5.41, 5.74) is 2.44. The van der Waals surface area contributed by atoms with E-state index >= 15 is 0 Å². The van der Waals surface area contributed by atoms with Crippen LogP contribution < -0.4 is 0 Å². The van der Waals surface area contributed by atoms with Gasteiger partial charge in [0.1, 0.15) is 0 Å². The molecule has 2 rings (SSSR count). The number of hydrogen-bond acceptors (Lipinski definition) is 2. The highest BCUT2D eigenvalue weighted by Crippen LogP contribution is 2.11. The lowest BCUT2D eigenvalue weighted by Crippen LogP contribution is -2.39. The van der Waals surface area contributed by atoms with Crippen molar-refractivity contribution in [3.8, 4) is 0 Å². The van der Waals surface area contributed by atoms with Gasteiger partial charge in [-0.2, -0.15) is 0 Å². The standard InChI is InChI=1S/C19H28N2O2/c1-15(2)19(23)21-11-5-10-20(12-13-21)18(22)9-8-17-7-4-6-16(3)14-17/h4,6-7,14-15H,5,8-13H2,1-3H3. The maximum Gasteiger partial charge on any atom is 0.225 e. The molecule has 1 aromatic rings. The second-order valence-electron chi connectivity index (χ2n) is 6.70. The Bertz CT molecular complexity index is 554. The van der Waals surface area contributed by atoms with E-state index in [4.69, 9.17) is 0 Å². The van der Waals surface area contributed by atoms with E-state index in [0.29, 0.717) is 19.5 Å². The zero-order valence-electron chi connectivity index (χ0n) is 14.5. The van der Waals surface area contributed by atoms with Gasteiger partial charge in [-0.1, -0.05) is 43.7 Å². The van der Waals surface area contributed by atoms with Gasteiger partial charge in [0.25, 0.3) is 0 Å². The molecule has 2 amide bonds. The maximum atomic E-state index is 12.4. The fourth-order valence-corrected chi connectivity index (χ4v) is 3.03. The van der Waals surface area contributed by atoms with Crippen LogP contribution in [-0.2, 0) is 16.0 Å². The quantitative estimate of drug-likeness (QED) is 0.857. The molecule has 0 aromatic heterocycles. The first-order valence-electron chi connectivity index (χ1n) is 8.59. The molecule has 23 heavy (non-hydrogen) atoms. The van der Waals surface area contributed by atoms with Crippen molar-refractivity contribution in [3.05, 3.63) is 35.4 Å². The van der Waals surface area contributed by atoms with Crippen LogP contribution >= 0.6 is 0 Å². The minimum Gasteiger partial charge on any atom is -0.341 e. The van der Waals surface area contributed by atoms with E-state index in [9.17, 15) is 9.59 Å². The van der Waals surface area contributed by atoms with Crippen LogP contribution in [0.2, 0.25) is 0 Å². The first kappa shape index (κ1) is 17.5. The molecule has 0 atom stereocenters. The molecule has 0 radical (unpaired) electrons. The molecule has 1 aliphatic rings. The molecule has 4 heteroatoms. The Morgan fingerprint density at radius 2 is 1.78 bits per heavy atom. The lowest BCUT2D eigenvalue weighted by molar-refractivity contribution is -0.135. The van der Waals surface area contributed by atoms with Gasteiger partial charge in [-0.05, 0) is 25.3 Å². The van der Waals surface area contributed by atoms with Crippen molar-refractivity contribution in [1.82, 2.24) is 9.80 Å². The molecule has 0 spiro atoms. The van der Waals surface area contributed by atoms with Crippen LogP contribution in [0, 0.1) is 12.8 Å². The van der Waals surface area contributed by atoms with Gasteiger partial charge >= 0.3 is 0 Å². The van der Waals surface area contributed by atoms with E-state index in [1.165, 1.54) is 11.1 Å². The number of carbonyl (C=O) groups is 2. The summed E-state index contributed by atoms with van der Waals surface area (Å²) in [6, 6.07) is 8.32. The maximum absolute atomic E-state index is 12.4. The molecule has 4 nitrogen and oxygen atoms in total. The molecule has 1 fully saturated rings. The Kier molecular flexibility index (Phi) is 6.20. The van der Waals surface area contributed by atoms with Crippen molar-refractivity contribution in [2.24, 2.45) is 5.92 Å². The van der Waals surface area contributed by atoms with Crippen molar-refractivity contribution in [2.75, 3.05) is 26.2 Å². The average molecular weight is 316 g/mol. The topological polar surface area (TPSA) is 40.6 Å². The van der Waals surface area contributed by atoms with Gasteiger partial charge in [0.15, 0.2) is 0 Å². The molecule has 0 N–H and O–H groups in total. The SMILES string of the molecule is Cc1cccc(CCC(=O)N2CCCN(C(=O)C(C)C)CC2)c1. The molecule has 0 unspecified atom stereocenters. The summed E-state index contributed by atoms with van der Waals surface area (Å²) < 4.78 is 0. The van der Waals surface area contributed by atoms with E-state index in [1.54, 1.807) is 0 Å². The second kappa shape index (κ2) is 8.14. The van der Waals surface area contributed by atoms with Crippen molar-refractivity contribution in [3.63, 3.8) is 0 Å². The molecule has 0 saturated carbocycles. The number of hydrogen-bond donors (Lipinski definition) is 0. The van der Waals surface area contributed by atoms with E-state index in [2.05, 4.69) is 25.1 Å². The normalized spacial score (nSPS) is 15.7. The van der Waals surface area contributed by atoms with Gasteiger partial charge in [0.05, 0.1) is 0 Å². The van der Waals surface area contributed by atoms with Crippen molar-refractivity contribution >= 4 is 11.8 Å². The summed E-state index contributed by atoms with van der Waals surface area (Å²) in [5, 5.41) is 0. The average Bonchev–Trinajstić information content (AvgIpc) is 2.78. The van der Waals surface area contributed by atoms with Gasteiger partial charge in [-0.3, -0.25) is 9.59 Å². The van der Waals surface area contributed by atoms with Crippen LogP contribution in [0.4, 0.5) is 0 Å². The third kappa shape index (κ3) is 5.08. The number of carbonyl (C=O) groups excluding carboxylic acids is 2. The minimum absolute atomic E-state index is 0.0265. The van der Waals surface area contributed by atoms with Gasteiger partial charge < -0.3 is 9.80 Å². The molecule has 1 heterocycles. The Morgan fingerprint density at radius 3 is 2.48 bits per heavy atom. The second-order valence-corrected chi connectivity index (χ2v) is 6.70. The molecular weight excluding hydrogens is 288 g/mol. The van der Waals surface area contributed by atoms with Crippen molar-refractivity contribution < 1.29 is 9.59 Å². The van der Waals surface area contributed by atoms with Gasteiger partial charge in [0.2, 0.25) is 11.8 Å². The molecule has 126 valence electrons. The van der Waals surface area contributed by atoms with Crippen molar-refractivity contribution in [1.29, 1.82) is 0 Å². The van der Waals surface area contributed by atoms with Crippen LogP contribution in [-0.4, -0.2) is 47.8 Å². The van der Waals surface area contributed by atoms with Crippen LogP contribution in [0.3, 0.4) is 0 Å². The van der Waals surface area contributed by atoms with E-state index in [1.807, 2.05) is 29.7 Å². The molecule has 0 bridgehead atoms. The smallest absolute Gasteiger partial charge is 0.225 e. The fourth-order valence-electron chi connectivity index (χ4n) is 3.03. The molecule has 1 aliphatic heterocycles. The van der Waals surface area contributed by atoms with Crippen LogP contribution in [0.5, 0.6) is 0 Å². The monoisotopic (exact) mass is 316 g/mol. The number of amides is 2. The zero-order chi connectivity index (χ0) is 16.8. The number of nitrogens with zero attached hydrogens (tertiary/aromatic N) is 2. The number of rotatable bonds is 4. The molecular formula is C19H28N2O2. The summed E-state index contributed by atoms with van der Waals surface area (Å²) in [7, 11) is 0.